The molecule has 0 amide bonds. The molecule has 0 spiro atoms. The van der Waals surface area contributed by atoms with Gasteiger partial charge in [0.05, 0.1) is 0 Å². The van der Waals surface area contributed by atoms with E-state index in [1.165, 1.54) is 65.2 Å². The van der Waals surface area contributed by atoms with Crippen LogP contribution in [0.4, 0.5) is 0 Å². The van der Waals surface area contributed by atoms with Crippen LogP contribution in [0.25, 0.3) is 0 Å². The third kappa shape index (κ3) is 16.3. The van der Waals surface area contributed by atoms with Gasteiger partial charge in [-0.15, -0.1) is 0 Å². The highest BCUT2D eigenvalue weighted by Crippen LogP contribution is 2.37. The van der Waals surface area contributed by atoms with Gasteiger partial charge in [-0.05, 0) is 132 Å². The monoisotopic (exact) mass is 611 g/mol. The van der Waals surface area contributed by atoms with Crippen molar-refractivity contribution in [1.82, 2.24) is 19.6 Å². The first-order valence-corrected chi connectivity index (χ1v) is 17.5. The van der Waals surface area contributed by atoms with Crippen LogP contribution in [0.1, 0.15) is 137 Å². The Morgan fingerprint density at radius 1 is 0.372 bits per heavy atom. The highest BCUT2D eigenvalue weighted by Gasteiger charge is 2.40. The number of nitrogens with zero attached hydrogens (tertiary/aromatic N) is 4. The zero-order valence-corrected chi connectivity index (χ0v) is 33.4. The van der Waals surface area contributed by atoms with Crippen molar-refractivity contribution in [2.24, 2.45) is 22.7 Å². The van der Waals surface area contributed by atoms with Crippen LogP contribution in [0, 0.1) is 22.7 Å². The smallest absolute Gasteiger partial charge is 0.0351 e. The maximum absolute atomic E-state index is 4.25. The molecule has 0 aromatic heterocycles. The molecule has 260 valence electrons. The van der Waals surface area contributed by atoms with Crippen molar-refractivity contribution in [2.75, 3.05) is 66.6 Å². The normalized spacial score (nSPS) is 21.5. The molecular weight excluding hydrogens is 528 g/mol. The molecule has 3 heterocycles. The van der Waals surface area contributed by atoms with Crippen LogP contribution in [-0.4, -0.2) is 108 Å². The lowest BCUT2D eigenvalue weighted by molar-refractivity contribution is -0.0345. The maximum Gasteiger partial charge on any atom is 0.0351 e. The molecule has 5 nitrogen and oxygen atoms in total. The minimum absolute atomic E-state index is 0.337. The molecule has 0 radical (unpaired) electrons. The quantitative estimate of drug-likeness (QED) is 0.273. The lowest BCUT2D eigenvalue weighted by Gasteiger charge is -2.52. The average molecular weight is 611 g/mol. The largest absolute Gasteiger partial charge is 0.388 e. The molecule has 0 atom stereocenters. The zero-order chi connectivity index (χ0) is 34.2. The van der Waals surface area contributed by atoms with E-state index in [1.807, 2.05) is 0 Å². The van der Waals surface area contributed by atoms with Crippen molar-refractivity contribution in [1.29, 1.82) is 0 Å². The van der Waals surface area contributed by atoms with Gasteiger partial charge in [-0.25, -0.2) is 0 Å². The molecule has 0 saturated carbocycles. The van der Waals surface area contributed by atoms with Crippen molar-refractivity contribution >= 4 is 0 Å². The Morgan fingerprint density at radius 2 is 0.605 bits per heavy atom. The number of methoxy groups -OCH3 is 1. The molecule has 3 aliphatic rings. The summed E-state index contributed by atoms with van der Waals surface area (Å²) in [7, 11) is 3.25. The van der Waals surface area contributed by atoms with E-state index < -0.39 is 0 Å². The van der Waals surface area contributed by atoms with Gasteiger partial charge in [-0.1, -0.05) is 41.5 Å². The van der Waals surface area contributed by atoms with Crippen molar-refractivity contribution in [3.8, 4) is 0 Å². The summed E-state index contributed by atoms with van der Waals surface area (Å²) in [6.45, 7) is 51.8. The molecule has 0 bridgehead atoms. The standard InChI is InChI=1S/C13H27N.C12H26N2.C11H23N.C2H6O/c1-12(2,3)11-7-9-14(10-8-11)13(4,5)6;1-11(2,3)13-7-9-14(10-8-13)12(4,5)6;1-10(2,3)9-7-12(8-9)11(4,5)6;1-3-2/h11H,7-10H2,1-6H3;7-10H2,1-6H3;9H,7-8H2,1-6H3;1-2H3. The molecule has 3 saturated heterocycles. The second-order valence-electron chi connectivity index (χ2n) is 19.7. The fourth-order valence-electron chi connectivity index (χ4n) is 6.04. The minimum Gasteiger partial charge on any atom is -0.388 e. The summed E-state index contributed by atoms with van der Waals surface area (Å²) in [4.78, 5) is 10.3. The lowest BCUT2D eigenvalue weighted by Crippen LogP contribution is -2.59. The Kier molecular flexibility index (Phi) is 16.5. The zero-order valence-electron chi connectivity index (χ0n) is 33.4. The Balaban J connectivity index is 0.000000589. The van der Waals surface area contributed by atoms with E-state index in [0.717, 1.165) is 11.8 Å². The molecule has 0 N–H and O–H groups in total. The third-order valence-corrected chi connectivity index (χ3v) is 9.90. The van der Waals surface area contributed by atoms with Gasteiger partial charge in [-0.2, -0.15) is 0 Å². The van der Waals surface area contributed by atoms with Crippen LogP contribution in [0.15, 0.2) is 0 Å². The first kappa shape index (κ1) is 42.8. The summed E-state index contributed by atoms with van der Waals surface area (Å²) in [5, 5.41) is 0. The van der Waals surface area contributed by atoms with Gasteiger partial charge in [0.1, 0.15) is 0 Å². The molecule has 3 fully saturated rings. The van der Waals surface area contributed by atoms with Crippen molar-refractivity contribution < 1.29 is 4.74 Å². The number of likely N-dealkylation sites (tertiary alicyclic amines) is 2. The molecule has 43 heavy (non-hydrogen) atoms. The molecule has 3 aliphatic heterocycles. The number of piperidine rings is 1. The van der Waals surface area contributed by atoms with Gasteiger partial charge < -0.3 is 4.74 Å². The Hall–Kier alpha value is -0.200. The highest BCUT2D eigenvalue weighted by atomic mass is 16.4. The van der Waals surface area contributed by atoms with Crippen molar-refractivity contribution in [3.05, 3.63) is 0 Å². The van der Waals surface area contributed by atoms with Crippen LogP contribution in [-0.2, 0) is 4.74 Å². The fraction of sp³-hybridized carbons (Fsp3) is 1.00. The Labute approximate surface area is 272 Å². The first-order valence-electron chi connectivity index (χ1n) is 17.5. The second-order valence-corrected chi connectivity index (χ2v) is 19.7. The maximum atomic E-state index is 4.25. The van der Waals surface area contributed by atoms with Crippen LogP contribution in [0.3, 0.4) is 0 Å². The van der Waals surface area contributed by atoms with Crippen LogP contribution in [0.5, 0.6) is 0 Å². The molecule has 0 aliphatic carbocycles. The summed E-state index contributed by atoms with van der Waals surface area (Å²) in [6, 6.07) is 0. The third-order valence-electron chi connectivity index (χ3n) is 9.90. The van der Waals surface area contributed by atoms with Gasteiger partial charge in [-0.3, -0.25) is 19.6 Å². The van der Waals surface area contributed by atoms with Crippen LogP contribution in [0.2, 0.25) is 0 Å². The van der Waals surface area contributed by atoms with Gasteiger partial charge in [0, 0.05) is 75.6 Å². The Morgan fingerprint density at radius 3 is 0.814 bits per heavy atom. The van der Waals surface area contributed by atoms with Crippen molar-refractivity contribution in [3.63, 3.8) is 0 Å². The summed E-state index contributed by atoms with van der Waals surface area (Å²) in [6.07, 6.45) is 2.75. The number of hydrogen-bond donors (Lipinski definition) is 0. The van der Waals surface area contributed by atoms with Gasteiger partial charge in [0.2, 0.25) is 0 Å². The lowest BCUT2D eigenvalue weighted by atomic mass is 9.74. The molecular formula is C38H82N4O. The van der Waals surface area contributed by atoms with Crippen LogP contribution < -0.4 is 0 Å². The van der Waals surface area contributed by atoms with Gasteiger partial charge >= 0.3 is 0 Å². The van der Waals surface area contributed by atoms with E-state index in [9.17, 15) is 0 Å². The predicted octanol–water partition coefficient (Wildman–Crippen LogP) is 8.77. The fourth-order valence-corrected chi connectivity index (χ4v) is 6.04. The number of hydrogen-bond acceptors (Lipinski definition) is 5. The van der Waals surface area contributed by atoms with E-state index in [2.05, 4.69) is 149 Å². The molecule has 3 rings (SSSR count). The number of ether oxygens (including phenoxy) is 1. The molecule has 5 heteroatoms. The second kappa shape index (κ2) is 16.6. The molecule has 0 aromatic rings. The van der Waals surface area contributed by atoms with Crippen LogP contribution >= 0.6 is 0 Å². The van der Waals surface area contributed by atoms with Crippen molar-refractivity contribution in [2.45, 2.75) is 160 Å². The SMILES string of the molecule is CC(C)(C)C1CCN(C(C)(C)C)CC1.CC(C)(C)C1CN(C(C)(C)C)C1.CC(C)(C)N1CCN(C(C)(C)C)CC1.COC. The van der Waals surface area contributed by atoms with Gasteiger partial charge in [0.25, 0.3) is 0 Å². The number of piperazine rings is 1. The predicted molar refractivity (Wildman–Crippen MR) is 193 cm³/mol. The minimum atomic E-state index is 0.337. The number of rotatable bonds is 0. The molecule has 0 unspecified atom stereocenters. The summed E-state index contributed by atoms with van der Waals surface area (Å²) in [5.41, 5.74) is 2.42. The van der Waals surface area contributed by atoms with E-state index in [4.69, 9.17) is 0 Å². The Bertz CT molecular complexity index is 624. The van der Waals surface area contributed by atoms with E-state index >= 15 is 0 Å². The summed E-state index contributed by atoms with van der Waals surface area (Å²) in [5.74, 6) is 1.82. The van der Waals surface area contributed by atoms with E-state index in [0.29, 0.717) is 33.0 Å². The van der Waals surface area contributed by atoms with E-state index in [-0.39, 0.29) is 0 Å². The topological polar surface area (TPSA) is 22.2 Å². The first-order chi connectivity index (χ1) is 19.0. The van der Waals surface area contributed by atoms with Gasteiger partial charge in [0.15, 0.2) is 0 Å². The molecule has 0 aromatic carbocycles. The average Bonchev–Trinajstić information content (AvgIpc) is 2.75. The van der Waals surface area contributed by atoms with E-state index in [1.54, 1.807) is 14.2 Å². The summed E-state index contributed by atoms with van der Waals surface area (Å²) >= 11 is 0. The summed E-state index contributed by atoms with van der Waals surface area (Å²) < 4.78 is 4.25. The highest BCUT2D eigenvalue weighted by molar-refractivity contribution is 4.93.